The molecule has 1 aliphatic rings. The molecule has 0 bridgehead atoms. The van der Waals surface area contributed by atoms with Gasteiger partial charge < -0.3 is 15.4 Å². The normalized spacial score (nSPS) is 14.7. The van der Waals surface area contributed by atoms with Crippen molar-refractivity contribution in [1.29, 1.82) is 0 Å². The van der Waals surface area contributed by atoms with E-state index in [-0.39, 0.29) is 5.97 Å². The minimum atomic E-state index is -0.291. The number of carbonyl (C=O) groups is 1. The number of hydrogen-bond acceptors (Lipinski definition) is 5. The summed E-state index contributed by atoms with van der Waals surface area (Å²) in [6.07, 6.45) is 2.34. The summed E-state index contributed by atoms with van der Waals surface area (Å²) in [4.78, 5) is 14.8. The van der Waals surface area contributed by atoms with Gasteiger partial charge in [-0.3, -0.25) is 0 Å². The molecule has 5 heteroatoms. The van der Waals surface area contributed by atoms with Gasteiger partial charge in [-0.2, -0.15) is 0 Å². The lowest BCUT2D eigenvalue weighted by atomic mass is 10.1. The molecular weight excluding hydrogens is 272 g/mol. The van der Waals surface area contributed by atoms with E-state index < -0.39 is 0 Å². The first-order valence-electron chi connectivity index (χ1n) is 7.26. The van der Waals surface area contributed by atoms with Crippen LogP contribution in [0, 0.1) is 5.92 Å². The van der Waals surface area contributed by atoms with E-state index in [2.05, 4.69) is 25.8 Å². The van der Waals surface area contributed by atoms with E-state index in [4.69, 9.17) is 10.5 Å². The minimum Gasteiger partial charge on any atom is -0.462 e. The Balaban J connectivity index is 2.34. The largest absolute Gasteiger partial charge is 0.462 e. The highest BCUT2D eigenvalue weighted by atomic mass is 32.1. The second-order valence-electron chi connectivity index (χ2n) is 5.83. The molecule has 1 aromatic rings. The third-order valence-electron chi connectivity index (χ3n) is 3.40. The summed E-state index contributed by atoms with van der Waals surface area (Å²) in [7, 11) is 2.08. The first-order chi connectivity index (χ1) is 9.45. The van der Waals surface area contributed by atoms with Gasteiger partial charge in [-0.15, -0.1) is 11.3 Å². The van der Waals surface area contributed by atoms with E-state index in [0.29, 0.717) is 29.0 Å². The van der Waals surface area contributed by atoms with Crippen molar-refractivity contribution >= 4 is 28.0 Å². The third-order valence-corrected chi connectivity index (χ3v) is 4.71. The van der Waals surface area contributed by atoms with E-state index in [1.807, 2.05) is 6.92 Å². The number of ether oxygens (including phenoxy) is 1. The molecule has 1 saturated carbocycles. The highest BCUT2D eigenvalue weighted by Gasteiger charge is 2.34. The summed E-state index contributed by atoms with van der Waals surface area (Å²) in [6, 6.07) is 0. The molecule has 0 saturated heterocycles. The minimum absolute atomic E-state index is 0.291. The molecule has 112 valence electrons. The molecule has 0 unspecified atom stereocenters. The Morgan fingerprint density at radius 3 is 2.65 bits per heavy atom. The fourth-order valence-corrected chi connectivity index (χ4v) is 3.65. The Kier molecular flexibility index (Phi) is 4.58. The number of nitrogens with zero attached hydrogens (tertiary/aromatic N) is 1. The van der Waals surface area contributed by atoms with Crippen molar-refractivity contribution in [3.8, 4) is 0 Å². The van der Waals surface area contributed by atoms with Crippen LogP contribution in [0.25, 0.3) is 0 Å². The molecule has 0 radical (unpaired) electrons. The second kappa shape index (κ2) is 6.04. The fraction of sp³-hybridized carbons (Fsp3) is 0.667. The SMILES string of the molecule is CCOC(=O)c1sc(N(C)CC(C)C)c(C2CC2)c1N. The Bertz CT molecular complexity index is 492. The van der Waals surface area contributed by atoms with Crippen LogP contribution in [0.1, 0.15) is 54.8 Å². The number of nitrogens with two attached hydrogens (primary N) is 1. The Morgan fingerprint density at radius 2 is 2.15 bits per heavy atom. The van der Waals surface area contributed by atoms with Crippen LogP contribution in [-0.4, -0.2) is 26.2 Å². The number of carbonyl (C=O) groups excluding carboxylic acids is 1. The molecule has 0 aliphatic heterocycles. The van der Waals surface area contributed by atoms with Crippen LogP contribution in [0.3, 0.4) is 0 Å². The van der Waals surface area contributed by atoms with Gasteiger partial charge in [0.15, 0.2) is 0 Å². The summed E-state index contributed by atoms with van der Waals surface area (Å²) >= 11 is 1.48. The van der Waals surface area contributed by atoms with Gasteiger partial charge in [0, 0.05) is 19.2 Å². The number of esters is 1. The zero-order valence-electron chi connectivity index (χ0n) is 12.7. The lowest BCUT2D eigenvalue weighted by Gasteiger charge is -2.21. The number of anilines is 2. The fourth-order valence-electron chi connectivity index (χ4n) is 2.47. The molecule has 2 N–H and O–H groups in total. The summed E-state index contributed by atoms with van der Waals surface area (Å²) in [6.45, 7) is 7.54. The van der Waals surface area contributed by atoms with Crippen LogP contribution < -0.4 is 10.6 Å². The molecule has 1 aliphatic carbocycles. The molecule has 0 aromatic carbocycles. The monoisotopic (exact) mass is 296 g/mol. The van der Waals surface area contributed by atoms with Crippen LogP contribution in [0.5, 0.6) is 0 Å². The van der Waals surface area contributed by atoms with Crippen LogP contribution in [0.4, 0.5) is 10.7 Å². The van der Waals surface area contributed by atoms with Gasteiger partial charge in [-0.05, 0) is 31.6 Å². The predicted molar refractivity (Wildman–Crippen MR) is 84.8 cm³/mol. The standard InChI is InChI=1S/C15H24N2O2S/c1-5-19-15(18)13-12(16)11(10-6-7-10)14(20-13)17(4)8-9(2)3/h9-10H,5-8,16H2,1-4H3. The highest BCUT2D eigenvalue weighted by molar-refractivity contribution is 7.18. The van der Waals surface area contributed by atoms with E-state index in [1.165, 1.54) is 29.7 Å². The van der Waals surface area contributed by atoms with Gasteiger partial charge >= 0.3 is 5.97 Å². The first kappa shape index (κ1) is 15.2. The Morgan fingerprint density at radius 1 is 1.50 bits per heavy atom. The molecule has 20 heavy (non-hydrogen) atoms. The maximum atomic E-state index is 12.0. The number of rotatable bonds is 6. The molecule has 4 nitrogen and oxygen atoms in total. The quantitative estimate of drug-likeness (QED) is 0.817. The summed E-state index contributed by atoms with van der Waals surface area (Å²) in [5.41, 5.74) is 8.04. The molecular formula is C15H24N2O2S. The lowest BCUT2D eigenvalue weighted by Crippen LogP contribution is -2.22. The lowest BCUT2D eigenvalue weighted by molar-refractivity contribution is 0.0533. The van der Waals surface area contributed by atoms with Crippen molar-refractivity contribution in [2.45, 2.75) is 39.5 Å². The molecule has 0 atom stereocenters. The van der Waals surface area contributed by atoms with Gasteiger partial charge in [0.2, 0.25) is 0 Å². The van der Waals surface area contributed by atoms with Gasteiger partial charge in [-0.1, -0.05) is 13.8 Å². The average molecular weight is 296 g/mol. The maximum Gasteiger partial charge on any atom is 0.350 e. The van der Waals surface area contributed by atoms with Crippen molar-refractivity contribution in [2.24, 2.45) is 5.92 Å². The Hall–Kier alpha value is -1.23. The van der Waals surface area contributed by atoms with Crippen molar-refractivity contribution in [3.05, 3.63) is 10.4 Å². The van der Waals surface area contributed by atoms with Crippen LogP contribution in [0.15, 0.2) is 0 Å². The zero-order chi connectivity index (χ0) is 14.9. The molecule has 2 rings (SSSR count). The van der Waals surface area contributed by atoms with Crippen molar-refractivity contribution in [1.82, 2.24) is 0 Å². The van der Waals surface area contributed by atoms with Gasteiger partial charge in [0.1, 0.15) is 4.88 Å². The molecule has 1 heterocycles. The topological polar surface area (TPSA) is 55.6 Å². The van der Waals surface area contributed by atoms with E-state index in [1.54, 1.807) is 0 Å². The molecule has 0 spiro atoms. The van der Waals surface area contributed by atoms with E-state index in [0.717, 1.165) is 11.5 Å². The number of nitrogen functional groups attached to an aromatic ring is 1. The van der Waals surface area contributed by atoms with Gasteiger partial charge in [0.25, 0.3) is 0 Å². The molecule has 1 aromatic heterocycles. The van der Waals surface area contributed by atoms with Crippen molar-refractivity contribution in [3.63, 3.8) is 0 Å². The van der Waals surface area contributed by atoms with Gasteiger partial charge in [0.05, 0.1) is 17.3 Å². The van der Waals surface area contributed by atoms with Crippen LogP contribution in [-0.2, 0) is 4.74 Å². The Labute approximate surface area is 124 Å². The van der Waals surface area contributed by atoms with Crippen molar-refractivity contribution in [2.75, 3.05) is 30.8 Å². The van der Waals surface area contributed by atoms with Crippen molar-refractivity contribution < 1.29 is 9.53 Å². The highest BCUT2D eigenvalue weighted by Crippen LogP contribution is 2.51. The van der Waals surface area contributed by atoms with E-state index in [9.17, 15) is 4.79 Å². The summed E-state index contributed by atoms with van der Waals surface area (Å²) in [5.74, 6) is 0.807. The smallest absolute Gasteiger partial charge is 0.350 e. The third kappa shape index (κ3) is 3.08. The zero-order valence-corrected chi connectivity index (χ0v) is 13.5. The second-order valence-corrected chi connectivity index (χ2v) is 6.83. The average Bonchev–Trinajstić information content (AvgIpc) is 3.12. The van der Waals surface area contributed by atoms with Crippen LogP contribution >= 0.6 is 11.3 Å². The van der Waals surface area contributed by atoms with E-state index >= 15 is 0 Å². The number of hydrogen-bond donors (Lipinski definition) is 1. The maximum absolute atomic E-state index is 12.0. The molecule has 1 fully saturated rings. The summed E-state index contributed by atoms with van der Waals surface area (Å²) in [5, 5.41) is 1.14. The summed E-state index contributed by atoms with van der Waals surface area (Å²) < 4.78 is 5.11. The van der Waals surface area contributed by atoms with Gasteiger partial charge in [-0.25, -0.2) is 4.79 Å². The first-order valence-corrected chi connectivity index (χ1v) is 8.07. The molecule has 0 amide bonds. The number of thiophene rings is 1. The predicted octanol–water partition coefficient (Wildman–Crippen LogP) is 3.48. The van der Waals surface area contributed by atoms with Crippen LogP contribution in [0.2, 0.25) is 0 Å².